The van der Waals surface area contributed by atoms with E-state index in [1.807, 2.05) is 19.9 Å². The van der Waals surface area contributed by atoms with Gasteiger partial charge in [-0.25, -0.2) is 9.97 Å². The minimum Gasteiger partial charge on any atom is -0.384 e. The molecule has 1 aromatic carbocycles. The second-order valence-corrected chi connectivity index (χ2v) is 6.50. The Labute approximate surface area is 149 Å². The maximum Gasteiger partial charge on any atom is 0.253 e. The van der Waals surface area contributed by atoms with Crippen molar-refractivity contribution in [3.63, 3.8) is 0 Å². The van der Waals surface area contributed by atoms with Crippen LogP contribution >= 0.6 is 0 Å². The number of nitrogen functional groups attached to an aromatic ring is 1. The normalized spacial score (nSPS) is 13.1. The van der Waals surface area contributed by atoms with Crippen LogP contribution in [-0.4, -0.2) is 26.3 Å². The number of aromatic nitrogens is 3. The molecule has 3 aromatic rings. The van der Waals surface area contributed by atoms with Crippen molar-refractivity contribution < 1.29 is 9.59 Å². The molecule has 26 heavy (non-hydrogen) atoms. The molecule has 2 aromatic heterocycles. The van der Waals surface area contributed by atoms with Crippen LogP contribution in [0.2, 0.25) is 0 Å². The predicted octanol–water partition coefficient (Wildman–Crippen LogP) is 1.27. The van der Waals surface area contributed by atoms with Gasteiger partial charge in [0, 0.05) is 18.3 Å². The maximum atomic E-state index is 12.2. The predicted molar refractivity (Wildman–Crippen MR) is 97.2 cm³/mol. The molecular formula is C18H18N6O2. The molecule has 1 aliphatic rings. The number of benzene rings is 1. The number of carbonyl (C=O) groups is 2. The van der Waals surface area contributed by atoms with Gasteiger partial charge in [0.25, 0.3) is 11.8 Å². The smallest absolute Gasteiger partial charge is 0.253 e. The van der Waals surface area contributed by atoms with Crippen molar-refractivity contribution >= 4 is 28.7 Å². The highest BCUT2D eigenvalue weighted by atomic mass is 16.2. The zero-order valence-electron chi connectivity index (χ0n) is 14.7. The minimum absolute atomic E-state index is 0.116. The van der Waals surface area contributed by atoms with Crippen LogP contribution in [0.5, 0.6) is 0 Å². The zero-order valence-corrected chi connectivity index (χ0v) is 14.7. The Bertz CT molecular complexity index is 1130. The lowest BCUT2D eigenvalue weighted by Gasteiger charge is -2.17. The van der Waals surface area contributed by atoms with Gasteiger partial charge in [-0.2, -0.15) is 0 Å². The Morgan fingerprint density at radius 1 is 1.31 bits per heavy atom. The van der Waals surface area contributed by atoms with Crippen LogP contribution in [0.4, 0.5) is 5.82 Å². The molecule has 3 heterocycles. The molecule has 132 valence electrons. The van der Waals surface area contributed by atoms with Crippen molar-refractivity contribution in [3.8, 4) is 5.69 Å². The van der Waals surface area contributed by atoms with Gasteiger partial charge in [0.15, 0.2) is 5.65 Å². The quantitative estimate of drug-likeness (QED) is 0.641. The van der Waals surface area contributed by atoms with Crippen molar-refractivity contribution in [2.75, 3.05) is 5.73 Å². The maximum absolute atomic E-state index is 12.2. The third-order valence-corrected chi connectivity index (χ3v) is 4.82. The van der Waals surface area contributed by atoms with Crippen molar-refractivity contribution in [3.05, 3.63) is 45.9 Å². The van der Waals surface area contributed by atoms with E-state index >= 15 is 0 Å². The molecule has 2 amide bonds. The molecule has 0 spiro atoms. The van der Waals surface area contributed by atoms with Gasteiger partial charge in [-0.05, 0) is 37.5 Å². The van der Waals surface area contributed by atoms with Crippen LogP contribution in [0.3, 0.4) is 0 Å². The molecule has 5 N–H and O–H groups in total. The SMILES string of the molecule is Cc1ncc2c(C(N)=O)c(N)n(-c3c(C)cc4c(c3C)C(=O)NC4)c2n1. The fourth-order valence-electron chi connectivity index (χ4n) is 3.77. The number of nitrogens with zero attached hydrogens (tertiary/aromatic N) is 3. The van der Waals surface area contributed by atoms with Gasteiger partial charge in [0.1, 0.15) is 11.6 Å². The number of rotatable bonds is 2. The summed E-state index contributed by atoms with van der Waals surface area (Å²) in [5.41, 5.74) is 16.6. The highest BCUT2D eigenvalue weighted by molar-refractivity contribution is 6.11. The number of carbonyl (C=O) groups excluding carboxylic acids is 2. The number of hydrogen-bond acceptors (Lipinski definition) is 5. The van der Waals surface area contributed by atoms with E-state index in [2.05, 4.69) is 15.3 Å². The first-order chi connectivity index (χ1) is 12.3. The van der Waals surface area contributed by atoms with E-state index in [-0.39, 0.29) is 17.3 Å². The zero-order chi connectivity index (χ0) is 18.7. The van der Waals surface area contributed by atoms with E-state index in [1.54, 1.807) is 17.7 Å². The molecule has 8 nitrogen and oxygen atoms in total. The number of primary amides is 1. The molecular weight excluding hydrogens is 332 g/mol. The Balaban J connectivity index is 2.16. The summed E-state index contributed by atoms with van der Waals surface area (Å²) in [5.74, 6) is -0.0268. The minimum atomic E-state index is -0.645. The number of nitrogens with two attached hydrogens (primary N) is 2. The highest BCUT2D eigenvalue weighted by Crippen LogP contribution is 2.35. The van der Waals surface area contributed by atoms with E-state index in [0.717, 1.165) is 22.4 Å². The summed E-state index contributed by atoms with van der Waals surface area (Å²) in [4.78, 5) is 32.9. The first-order valence-electron chi connectivity index (χ1n) is 8.16. The Hall–Kier alpha value is -3.42. The van der Waals surface area contributed by atoms with Crippen LogP contribution < -0.4 is 16.8 Å². The Morgan fingerprint density at radius 3 is 2.73 bits per heavy atom. The molecule has 0 saturated heterocycles. The number of anilines is 1. The van der Waals surface area contributed by atoms with Gasteiger partial charge in [-0.3, -0.25) is 14.2 Å². The number of aryl methyl sites for hydroxylation is 2. The molecule has 0 atom stereocenters. The van der Waals surface area contributed by atoms with Crippen molar-refractivity contribution in [1.29, 1.82) is 0 Å². The van der Waals surface area contributed by atoms with Crippen LogP contribution in [0.25, 0.3) is 16.7 Å². The summed E-state index contributed by atoms with van der Waals surface area (Å²) in [6.07, 6.45) is 1.55. The van der Waals surface area contributed by atoms with Crippen LogP contribution in [0.1, 0.15) is 43.2 Å². The monoisotopic (exact) mass is 350 g/mol. The molecule has 4 rings (SSSR count). The summed E-state index contributed by atoms with van der Waals surface area (Å²) in [6.45, 7) is 6.07. The van der Waals surface area contributed by atoms with Crippen LogP contribution in [0, 0.1) is 20.8 Å². The average molecular weight is 350 g/mol. The first kappa shape index (κ1) is 16.1. The van der Waals surface area contributed by atoms with Crippen molar-refractivity contribution in [2.24, 2.45) is 5.73 Å². The number of hydrogen-bond donors (Lipinski definition) is 3. The molecule has 0 bridgehead atoms. The van der Waals surface area contributed by atoms with E-state index in [1.165, 1.54) is 0 Å². The topological polar surface area (TPSA) is 129 Å². The second-order valence-electron chi connectivity index (χ2n) is 6.50. The lowest BCUT2D eigenvalue weighted by Crippen LogP contribution is -2.15. The van der Waals surface area contributed by atoms with Gasteiger partial charge in [-0.15, -0.1) is 0 Å². The fourth-order valence-corrected chi connectivity index (χ4v) is 3.77. The third-order valence-electron chi connectivity index (χ3n) is 4.82. The van der Waals surface area contributed by atoms with Crippen LogP contribution in [-0.2, 0) is 6.54 Å². The molecule has 0 radical (unpaired) electrons. The van der Waals surface area contributed by atoms with Crippen molar-refractivity contribution in [1.82, 2.24) is 19.9 Å². The van der Waals surface area contributed by atoms with Gasteiger partial charge >= 0.3 is 0 Å². The summed E-state index contributed by atoms with van der Waals surface area (Å²) in [6, 6.07) is 1.96. The van der Waals surface area contributed by atoms with E-state index in [4.69, 9.17) is 11.5 Å². The lowest BCUT2D eigenvalue weighted by atomic mass is 9.98. The number of nitrogens with one attached hydrogen (secondary N) is 1. The van der Waals surface area contributed by atoms with Crippen LogP contribution in [0.15, 0.2) is 12.3 Å². The molecule has 0 saturated carbocycles. The van der Waals surface area contributed by atoms with Crippen molar-refractivity contribution in [2.45, 2.75) is 27.3 Å². The number of fused-ring (bicyclic) bond motifs is 2. The summed E-state index contributed by atoms with van der Waals surface area (Å²) in [5, 5.41) is 3.33. The average Bonchev–Trinajstić information content (AvgIpc) is 3.06. The van der Waals surface area contributed by atoms with E-state index < -0.39 is 5.91 Å². The third kappa shape index (κ3) is 2.01. The standard InChI is InChI=1S/C18H18N6O2/c1-7-4-10-5-22-18(26)12(10)8(2)14(7)24-15(19)13(16(20)25)11-6-21-9(3)23-17(11)24/h4,6H,5,19H2,1-3H3,(H2,20,25)(H,22,26). The molecule has 8 heteroatoms. The first-order valence-corrected chi connectivity index (χ1v) is 8.16. The summed E-state index contributed by atoms with van der Waals surface area (Å²) >= 11 is 0. The fraction of sp³-hybridized carbons (Fsp3) is 0.222. The highest BCUT2D eigenvalue weighted by Gasteiger charge is 2.28. The number of amides is 2. The van der Waals surface area contributed by atoms with E-state index in [0.29, 0.717) is 29.0 Å². The van der Waals surface area contributed by atoms with E-state index in [9.17, 15) is 9.59 Å². The Kier molecular flexibility index (Phi) is 3.27. The summed E-state index contributed by atoms with van der Waals surface area (Å²) in [7, 11) is 0. The molecule has 0 aliphatic carbocycles. The van der Waals surface area contributed by atoms with Gasteiger partial charge < -0.3 is 16.8 Å². The molecule has 0 unspecified atom stereocenters. The molecule has 1 aliphatic heterocycles. The van der Waals surface area contributed by atoms with Gasteiger partial charge in [0.2, 0.25) is 0 Å². The lowest BCUT2D eigenvalue weighted by molar-refractivity contribution is 0.0963. The van der Waals surface area contributed by atoms with Gasteiger partial charge in [0.05, 0.1) is 16.6 Å². The largest absolute Gasteiger partial charge is 0.384 e. The summed E-state index contributed by atoms with van der Waals surface area (Å²) < 4.78 is 1.70. The Morgan fingerprint density at radius 2 is 2.04 bits per heavy atom. The second kappa shape index (κ2) is 5.29. The molecule has 0 fully saturated rings. The van der Waals surface area contributed by atoms with Gasteiger partial charge in [-0.1, -0.05) is 6.07 Å².